The van der Waals surface area contributed by atoms with E-state index in [9.17, 15) is 0 Å². The second-order valence-electron chi connectivity index (χ2n) is 4.04. The number of aliphatic hydroxyl groups excluding tert-OH is 1. The van der Waals surface area contributed by atoms with Gasteiger partial charge in [0.05, 0.1) is 0 Å². The second kappa shape index (κ2) is 9.80. The molecule has 0 radical (unpaired) electrons. The van der Waals surface area contributed by atoms with E-state index < -0.39 is 0 Å². The van der Waals surface area contributed by atoms with Gasteiger partial charge < -0.3 is 0 Å². The predicted molar refractivity (Wildman–Crippen MR) is 96.0 cm³/mol. The average molecular weight is 395 g/mol. The fraction of sp³-hybridized carbons (Fsp3) is 0.235. The summed E-state index contributed by atoms with van der Waals surface area (Å²) in [6.07, 6.45) is 1.92. The zero-order chi connectivity index (χ0) is 15.6. The molecule has 1 N–H and O–H groups in total. The van der Waals surface area contributed by atoms with Gasteiger partial charge in [0.15, 0.2) is 0 Å². The van der Waals surface area contributed by atoms with Crippen LogP contribution in [-0.2, 0) is 0 Å². The van der Waals surface area contributed by atoms with Crippen molar-refractivity contribution in [1.29, 1.82) is 0 Å². The Bertz CT molecular complexity index is 758. The van der Waals surface area contributed by atoms with Crippen LogP contribution in [0.5, 0.6) is 0 Å². The third-order valence-corrected chi connectivity index (χ3v) is 6.15. The summed E-state index contributed by atoms with van der Waals surface area (Å²) in [5.74, 6) is 12.6. The second-order valence-corrected chi connectivity index (χ2v) is 7.40. The van der Waals surface area contributed by atoms with E-state index >= 15 is 0 Å². The maximum atomic E-state index is 8.71. The molecular weight excluding hydrogens is 381 g/mol. The van der Waals surface area contributed by atoms with Crippen molar-refractivity contribution in [2.45, 2.75) is 10.2 Å². The summed E-state index contributed by atoms with van der Waals surface area (Å²) in [5, 5.41) is 10.7. The van der Waals surface area contributed by atoms with E-state index in [-0.39, 0.29) is 21.6 Å². The third kappa shape index (κ3) is 4.96. The molecule has 0 saturated carbocycles. The van der Waals surface area contributed by atoms with Gasteiger partial charge in [0.25, 0.3) is 0 Å². The summed E-state index contributed by atoms with van der Waals surface area (Å²) in [6.45, 7) is -0.0959. The molecule has 1 aromatic heterocycles. The van der Waals surface area contributed by atoms with Gasteiger partial charge in [-0.25, -0.2) is 0 Å². The number of alkyl halides is 1. The van der Waals surface area contributed by atoms with Crippen molar-refractivity contribution in [3.05, 3.63) is 30.5 Å². The van der Waals surface area contributed by atoms with Crippen molar-refractivity contribution in [3.63, 3.8) is 0 Å². The first-order valence-corrected chi connectivity index (χ1v) is 10.2. The van der Waals surface area contributed by atoms with Gasteiger partial charge in [0, 0.05) is 0 Å². The standard InChI is InChI=1S/C17H14ClNOSSe/c18-9-3-6-12-22-17-14-7-1-2-8-15(14)19-13-16(17)21-11-5-4-10-20/h1-2,7-8,13,20H,9-12H2. The third-order valence-electron chi connectivity index (χ3n) is 2.68. The number of nitrogens with zero attached hydrogens (tertiary/aromatic N) is 1. The topological polar surface area (TPSA) is 33.1 Å². The molecule has 0 bridgehead atoms. The van der Waals surface area contributed by atoms with E-state index in [0.29, 0.717) is 11.6 Å². The van der Waals surface area contributed by atoms with Gasteiger partial charge in [-0.3, -0.25) is 0 Å². The van der Waals surface area contributed by atoms with Crippen LogP contribution < -0.4 is 4.46 Å². The molecule has 22 heavy (non-hydrogen) atoms. The SMILES string of the molecule is OCC#CCSc1cnc2ccccc2c1[Se]CC#CCCl. The molecule has 0 fully saturated rings. The molecule has 2 nitrogen and oxygen atoms in total. The van der Waals surface area contributed by atoms with E-state index in [1.807, 2.05) is 24.4 Å². The number of para-hydroxylation sites is 1. The molecule has 0 aliphatic heterocycles. The summed E-state index contributed by atoms with van der Waals surface area (Å²) in [6, 6.07) is 8.17. The summed E-state index contributed by atoms with van der Waals surface area (Å²) < 4.78 is 1.32. The van der Waals surface area contributed by atoms with Gasteiger partial charge in [-0.2, -0.15) is 0 Å². The number of fused-ring (bicyclic) bond motifs is 1. The van der Waals surface area contributed by atoms with Crippen LogP contribution in [0.4, 0.5) is 0 Å². The van der Waals surface area contributed by atoms with Crippen LogP contribution >= 0.6 is 23.4 Å². The molecule has 0 aliphatic rings. The number of hydrogen-bond acceptors (Lipinski definition) is 3. The summed E-state index contributed by atoms with van der Waals surface area (Å²) in [7, 11) is 0. The molecule has 2 rings (SSSR count). The van der Waals surface area contributed by atoms with E-state index in [0.717, 1.165) is 15.7 Å². The first kappa shape index (κ1) is 17.2. The fourth-order valence-corrected chi connectivity index (χ4v) is 5.01. The molecule has 112 valence electrons. The Balaban J connectivity index is 2.28. The van der Waals surface area contributed by atoms with Gasteiger partial charge in [0.2, 0.25) is 0 Å². The number of pyridine rings is 1. The molecule has 1 aromatic carbocycles. The normalized spacial score (nSPS) is 9.73. The van der Waals surface area contributed by atoms with Crippen LogP contribution in [-0.4, -0.2) is 43.3 Å². The molecular formula is C17H14ClNOSSe. The van der Waals surface area contributed by atoms with Crippen molar-refractivity contribution in [1.82, 2.24) is 4.98 Å². The van der Waals surface area contributed by atoms with Crippen LogP contribution in [0.2, 0.25) is 5.32 Å². The van der Waals surface area contributed by atoms with Crippen molar-refractivity contribution in [2.75, 3.05) is 18.2 Å². The van der Waals surface area contributed by atoms with E-state index in [1.165, 1.54) is 9.85 Å². The van der Waals surface area contributed by atoms with Crippen molar-refractivity contribution in [3.8, 4) is 23.7 Å². The fourth-order valence-electron chi connectivity index (χ4n) is 1.78. The van der Waals surface area contributed by atoms with Crippen LogP contribution in [0.25, 0.3) is 10.9 Å². The molecule has 0 saturated heterocycles. The Kier molecular flexibility index (Phi) is 7.67. The minimum absolute atomic E-state index is 0.0959. The van der Waals surface area contributed by atoms with Crippen LogP contribution in [0.3, 0.4) is 0 Å². The Morgan fingerprint density at radius 1 is 1.18 bits per heavy atom. The molecule has 5 heteroatoms. The van der Waals surface area contributed by atoms with Crippen molar-refractivity contribution >= 4 is 53.7 Å². The number of thioether (sulfide) groups is 1. The first-order valence-electron chi connectivity index (χ1n) is 6.58. The van der Waals surface area contributed by atoms with Crippen molar-refractivity contribution < 1.29 is 5.11 Å². The Morgan fingerprint density at radius 2 is 2.05 bits per heavy atom. The molecule has 0 atom stereocenters. The van der Waals surface area contributed by atoms with Crippen LogP contribution in [0.15, 0.2) is 35.4 Å². The first-order chi connectivity index (χ1) is 10.9. The number of aromatic nitrogens is 1. The van der Waals surface area contributed by atoms with Gasteiger partial charge >= 0.3 is 146 Å². The number of hydrogen-bond donors (Lipinski definition) is 1. The van der Waals surface area contributed by atoms with Crippen molar-refractivity contribution in [2.24, 2.45) is 0 Å². The molecule has 0 amide bonds. The van der Waals surface area contributed by atoms with Crippen LogP contribution in [0.1, 0.15) is 0 Å². The zero-order valence-corrected chi connectivity index (χ0v) is 15.1. The predicted octanol–water partition coefficient (Wildman–Crippen LogP) is 2.31. The zero-order valence-electron chi connectivity index (χ0n) is 11.8. The maximum absolute atomic E-state index is 8.71. The molecule has 2 aromatic rings. The van der Waals surface area contributed by atoms with Gasteiger partial charge in [0.1, 0.15) is 0 Å². The quantitative estimate of drug-likeness (QED) is 0.374. The minimum atomic E-state index is -0.0959. The molecule has 1 heterocycles. The Hall–Kier alpha value is -1.13. The number of benzene rings is 1. The van der Waals surface area contributed by atoms with E-state index in [1.54, 1.807) is 11.8 Å². The Labute approximate surface area is 146 Å². The number of rotatable bonds is 4. The van der Waals surface area contributed by atoms with Crippen LogP contribution in [0, 0.1) is 23.7 Å². The monoisotopic (exact) mass is 395 g/mol. The Morgan fingerprint density at radius 3 is 2.86 bits per heavy atom. The number of halogens is 1. The van der Waals surface area contributed by atoms with E-state index in [2.05, 4.69) is 34.7 Å². The molecule has 0 spiro atoms. The van der Waals surface area contributed by atoms with Gasteiger partial charge in [-0.1, -0.05) is 0 Å². The van der Waals surface area contributed by atoms with Gasteiger partial charge in [-0.05, 0) is 0 Å². The molecule has 0 aliphatic carbocycles. The number of aliphatic hydroxyl groups is 1. The summed E-state index contributed by atoms with van der Waals surface area (Å²) in [5.41, 5.74) is 1.01. The summed E-state index contributed by atoms with van der Waals surface area (Å²) in [4.78, 5) is 5.67. The average Bonchev–Trinajstić information content (AvgIpc) is 2.56. The van der Waals surface area contributed by atoms with E-state index in [4.69, 9.17) is 16.7 Å². The summed E-state index contributed by atoms with van der Waals surface area (Å²) >= 11 is 7.50. The molecule has 0 unspecified atom stereocenters. The van der Waals surface area contributed by atoms with Gasteiger partial charge in [-0.15, -0.1) is 0 Å².